The van der Waals surface area contributed by atoms with Crippen molar-refractivity contribution in [1.82, 2.24) is 4.98 Å². The van der Waals surface area contributed by atoms with Gasteiger partial charge >= 0.3 is 0 Å². The molecule has 0 bridgehead atoms. The standard InChI is InChI=1S/C12H10ClNS/c1-7-6-10-11(14-12(13)15-10)9-5-3-2-4-8(7)9/h2-5,7H,6H2,1H3. The predicted octanol–water partition coefficient (Wildman–Crippen LogP) is 4.12. The SMILES string of the molecule is CC1Cc2sc(Cl)nc2-c2ccccc21. The maximum atomic E-state index is 5.97. The second-order valence-corrected chi connectivity index (χ2v) is 5.60. The highest BCUT2D eigenvalue weighted by Crippen LogP contribution is 2.42. The number of rotatable bonds is 0. The van der Waals surface area contributed by atoms with Crippen LogP contribution in [0.5, 0.6) is 0 Å². The highest BCUT2D eigenvalue weighted by molar-refractivity contribution is 7.16. The number of aromatic nitrogens is 1. The average molecular weight is 236 g/mol. The minimum absolute atomic E-state index is 0.574. The first kappa shape index (κ1) is 9.37. The van der Waals surface area contributed by atoms with E-state index in [0.29, 0.717) is 10.4 Å². The lowest BCUT2D eigenvalue weighted by Crippen LogP contribution is -2.06. The van der Waals surface area contributed by atoms with E-state index in [0.717, 1.165) is 12.1 Å². The normalized spacial score (nSPS) is 18.4. The Morgan fingerprint density at radius 3 is 3.07 bits per heavy atom. The fourth-order valence-electron chi connectivity index (χ4n) is 2.20. The molecule has 1 aliphatic rings. The van der Waals surface area contributed by atoms with Crippen molar-refractivity contribution in [2.24, 2.45) is 0 Å². The first-order valence-corrected chi connectivity index (χ1v) is 6.19. The Labute approximate surface area is 97.7 Å². The largest absolute Gasteiger partial charge is 0.225 e. The van der Waals surface area contributed by atoms with E-state index in [1.807, 2.05) is 0 Å². The zero-order valence-corrected chi connectivity index (χ0v) is 9.90. The fourth-order valence-corrected chi connectivity index (χ4v) is 3.49. The minimum Gasteiger partial charge on any atom is -0.225 e. The number of benzene rings is 1. The molecule has 0 fully saturated rings. The molecular formula is C12H10ClNS. The van der Waals surface area contributed by atoms with Crippen LogP contribution in [0.25, 0.3) is 11.3 Å². The van der Waals surface area contributed by atoms with E-state index in [1.165, 1.54) is 16.0 Å². The summed E-state index contributed by atoms with van der Waals surface area (Å²) in [6.07, 6.45) is 1.07. The van der Waals surface area contributed by atoms with Crippen molar-refractivity contribution in [2.45, 2.75) is 19.3 Å². The molecular weight excluding hydrogens is 226 g/mol. The van der Waals surface area contributed by atoms with Gasteiger partial charge in [0.1, 0.15) is 0 Å². The Hall–Kier alpha value is -0.860. The van der Waals surface area contributed by atoms with Gasteiger partial charge in [-0.15, -0.1) is 11.3 Å². The van der Waals surface area contributed by atoms with Crippen molar-refractivity contribution in [3.8, 4) is 11.3 Å². The van der Waals surface area contributed by atoms with Crippen LogP contribution >= 0.6 is 22.9 Å². The summed E-state index contributed by atoms with van der Waals surface area (Å²) in [5.74, 6) is 0.574. The molecule has 0 aliphatic heterocycles. The third-order valence-corrected chi connectivity index (χ3v) is 4.09. The van der Waals surface area contributed by atoms with Gasteiger partial charge in [0.15, 0.2) is 4.47 Å². The van der Waals surface area contributed by atoms with Gasteiger partial charge in [0.05, 0.1) is 5.69 Å². The Balaban J connectivity index is 2.29. The molecule has 0 N–H and O–H groups in total. The van der Waals surface area contributed by atoms with Crippen LogP contribution in [-0.4, -0.2) is 4.98 Å². The van der Waals surface area contributed by atoms with Crippen molar-refractivity contribution in [3.05, 3.63) is 39.2 Å². The number of nitrogens with zero attached hydrogens (tertiary/aromatic N) is 1. The molecule has 2 aromatic rings. The van der Waals surface area contributed by atoms with Crippen molar-refractivity contribution in [3.63, 3.8) is 0 Å². The van der Waals surface area contributed by atoms with E-state index < -0.39 is 0 Å². The molecule has 1 aromatic carbocycles. The van der Waals surface area contributed by atoms with E-state index >= 15 is 0 Å². The molecule has 1 unspecified atom stereocenters. The third-order valence-electron chi connectivity index (χ3n) is 2.91. The molecule has 3 heteroatoms. The summed E-state index contributed by atoms with van der Waals surface area (Å²) in [6, 6.07) is 8.48. The number of fused-ring (bicyclic) bond motifs is 3. The van der Waals surface area contributed by atoms with Gasteiger partial charge in [0, 0.05) is 10.4 Å². The maximum Gasteiger partial charge on any atom is 0.184 e. The zero-order chi connectivity index (χ0) is 10.4. The summed E-state index contributed by atoms with van der Waals surface area (Å²) >= 11 is 7.58. The molecule has 15 heavy (non-hydrogen) atoms. The van der Waals surface area contributed by atoms with Gasteiger partial charge in [-0.3, -0.25) is 0 Å². The van der Waals surface area contributed by atoms with Crippen molar-refractivity contribution in [1.29, 1.82) is 0 Å². The number of hydrogen-bond acceptors (Lipinski definition) is 2. The van der Waals surface area contributed by atoms with Crippen LogP contribution in [0.3, 0.4) is 0 Å². The second kappa shape index (κ2) is 3.32. The summed E-state index contributed by atoms with van der Waals surface area (Å²) in [4.78, 5) is 5.74. The first-order chi connectivity index (χ1) is 7.25. The Kier molecular flexibility index (Phi) is 2.08. The maximum absolute atomic E-state index is 5.97. The average Bonchev–Trinajstić information content (AvgIpc) is 2.59. The fraction of sp³-hybridized carbons (Fsp3) is 0.250. The highest BCUT2D eigenvalue weighted by Gasteiger charge is 2.24. The smallest absolute Gasteiger partial charge is 0.184 e. The van der Waals surface area contributed by atoms with Gasteiger partial charge in [0.25, 0.3) is 0 Å². The van der Waals surface area contributed by atoms with Gasteiger partial charge in [-0.2, -0.15) is 0 Å². The van der Waals surface area contributed by atoms with Crippen LogP contribution in [0.4, 0.5) is 0 Å². The Morgan fingerprint density at radius 1 is 1.40 bits per heavy atom. The van der Waals surface area contributed by atoms with E-state index in [4.69, 9.17) is 11.6 Å². The van der Waals surface area contributed by atoms with Crippen LogP contribution in [0, 0.1) is 0 Å². The minimum atomic E-state index is 0.574. The molecule has 0 radical (unpaired) electrons. The molecule has 0 saturated heterocycles. The van der Waals surface area contributed by atoms with E-state index in [2.05, 4.69) is 36.2 Å². The molecule has 76 valence electrons. The summed E-state index contributed by atoms with van der Waals surface area (Å²) in [5.41, 5.74) is 3.75. The molecule has 1 heterocycles. The summed E-state index contributed by atoms with van der Waals surface area (Å²) in [6.45, 7) is 2.26. The quantitative estimate of drug-likeness (QED) is 0.669. The van der Waals surface area contributed by atoms with Crippen molar-refractivity contribution < 1.29 is 0 Å². The Morgan fingerprint density at radius 2 is 2.20 bits per heavy atom. The summed E-state index contributed by atoms with van der Waals surface area (Å²) in [5, 5.41) is 0. The van der Waals surface area contributed by atoms with Crippen molar-refractivity contribution in [2.75, 3.05) is 0 Å². The molecule has 0 spiro atoms. The lowest BCUT2D eigenvalue weighted by Gasteiger charge is -2.20. The van der Waals surface area contributed by atoms with Crippen molar-refractivity contribution >= 4 is 22.9 Å². The Bertz CT molecular complexity index is 518. The lowest BCUT2D eigenvalue weighted by molar-refractivity contribution is 0.757. The van der Waals surface area contributed by atoms with E-state index in [9.17, 15) is 0 Å². The van der Waals surface area contributed by atoms with E-state index in [1.54, 1.807) is 11.3 Å². The molecule has 0 amide bonds. The van der Waals surface area contributed by atoms with E-state index in [-0.39, 0.29) is 0 Å². The van der Waals surface area contributed by atoms with Crippen LogP contribution < -0.4 is 0 Å². The van der Waals surface area contributed by atoms with Crippen LogP contribution in [0.2, 0.25) is 4.47 Å². The number of halogens is 1. The van der Waals surface area contributed by atoms with Gasteiger partial charge < -0.3 is 0 Å². The monoisotopic (exact) mass is 235 g/mol. The lowest BCUT2D eigenvalue weighted by atomic mass is 9.86. The molecule has 1 nitrogen and oxygen atoms in total. The van der Waals surface area contributed by atoms with Crippen LogP contribution in [-0.2, 0) is 6.42 Å². The summed E-state index contributed by atoms with van der Waals surface area (Å²) < 4.78 is 0.656. The van der Waals surface area contributed by atoms with Crippen LogP contribution in [0.1, 0.15) is 23.3 Å². The van der Waals surface area contributed by atoms with Gasteiger partial charge in [-0.25, -0.2) is 4.98 Å². The van der Waals surface area contributed by atoms with Gasteiger partial charge in [-0.1, -0.05) is 42.8 Å². The highest BCUT2D eigenvalue weighted by atomic mass is 35.5. The summed E-state index contributed by atoms with van der Waals surface area (Å²) in [7, 11) is 0. The third kappa shape index (κ3) is 1.40. The predicted molar refractivity (Wildman–Crippen MR) is 64.7 cm³/mol. The number of hydrogen-bond donors (Lipinski definition) is 0. The van der Waals surface area contributed by atoms with Crippen LogP contribution in [0.15, 0.2) is 24.3 Å². The second-order valence-electron chi connectivity index (χ2n) is 3.93. The molecule has 1 aliphatic carbocycles. The molecule has 1 aromatic heterocycles. The molecule has 3 rings (SSSR count). The van der Waals surface area contributed by atoms with Gasteiger partial charge in [0.2, 0.25) is 0 Å². The molecule has 1 atom stereocenters. The topological polar surface area (TPSA) is 12.9 Å². The van der Waals surface area contributed by atoms with Gasteiger partial charge in [-0.05, 0) is 17.9 Å². The molecule has 0 saturated carbocycles. The first-order valence-electron chi connectivity index (χ1n) is 5.00. The zero-order valence-electron chi connectivity index (χ0n) is 8.33. The number of thiazole rings is 1.